The molecule has 1 saturated heterocycles. The van der Waals surface area contributed by atoms with Gasteiger partial charge in [-0.05, 0) is 104 Å². The van der Waals surface area contributed by atoms with Gasteiger partial charge in [0.25, 0.3) is 0 Å². The summed E-state index contributed by atoms with van der Waals surface area (Å²) in [6.07, 6.45) is 8.50. The largest absolute Gasteiger partial charge is 0.477 e. The van der Waals surface area contributed by atoms with E-state index in [0.29, 0.717) is 42.4 Å². The zero-order chi connectivity index (χ0) is 28.4. The van der Waals surface area contributed by atoms with Crippen molar-refractivity contribution < 1.29 is 24.2 Å². The minimum absolute atomic E-state index is 0.0111. The molecule has 0 atom stereocenters. The molecule has 7 nitrogen and oxygen atoms in total. The first-order valence-electron chi connectivity index (χ1n) is 14.6. The van der Waals surface area contributed by atoms with Crippen LogP contribution in [-0.4, -0.2) is 52.7 Å². The number of carboxylic acid groups (broad SMARTS) is 1. The Balaban J connectivity index is 1.58. The summed E-state index contributed by atoms with van der Waals surface area (Å²) in [6.45, 7) is 11.2. The fourth-order valence-corrected chi connectivity index (χ4v) is 6.87. The number of nitrogens with zero attached hydrogens (tertiary/aromatic N) is 2. The first-order chi connectivity index (χ1) is 18.3. The summed E-state index contributed by atoms with van der Waals surface area (Å²) in [5.41, 5.74) is -0.154. The third-order valence-corrected chi connectivity index (χ3v) is 9.44. The van der Waals surface area contributed by atoms with E-state index in [4.69, 9.17) is 4.74 Å². The maximum Gasteiger partial charge on any atom is 0.410 e. The lowest BCUT2D eigenvalue weighted by molar-refractivity contribution is -0.124. The molecule has 0 radical (unpaired) electrons. The predicted octanol–water partition coefficient (Wildman–Crippen LogP) is 6.94. The summed E-state index contributed by atoms with van der Waals surface area (Å²) >= 11 is 1.14. The number of thiophene rings is 1. The van der Waals surface area contributed by atoms with Gasteiger partial charge in [-0.25, -0.2) is 9.59 Å². The van der Waals surface area contributed by atoms with Crippen LogP contribution < -0.4 is 4.90 Å². The Bertz CT molecular complexity index is 1120. The molecular formula is C31H44N2O5S. The van der Waals surface area contributed by atoms with E-state index in [9.17, 15) is 19.5 Å². The lowest BCUT2D eigenvalue weighted by Crippen LogP contribution is -2.51. The third-order valence-electron chi connectivity index (χ3n) is 8.41. The Morgan fingerprint density at radius 2 is 1.69 bits per heavy atom. The molecule has 2 heterocycles. The van der Waals surface area contributed by atoms with Gasteiger partial charge in [0.1, 0.15) is 10.5 Å². The highest BCUT2D eigenvalue weighted by Gasteiger charge is 2.39. The number of ether oxygens (including phenoxy) is 1. The lowest BCUT2D eigenvalue weighted by Gasteiger charge is -2.41. The summed E-state index contributed by atoms with van der Waals surface area (Å²) < 4.78 is 5.89. The maximum atomic E-state index is 14.1. The van der Waals surface area contributed by atoms with E-state index in [2.05, 4.69) is 18.8 Å². The Morgan fingerprint density at radius 3 is 2.26 bits per heavy atom. The molecule has 1 N–H and O–H groups in total. The molecular weight excluding hydrogens is 512 g/mol. The molecule has 0 unspecified atom stereocenters. The van der Waals surface area contributed by atoms with Crippen molar-refractivity contribution in [1.29, 1.82) is 0 Å². The second-order valence-corrected chi connectivity index (χ2v) is 14.1. The number of likely N-dealkylation sites (tertiary alicyclic amines) is 1. The Kier molecular flexibility index (Phi) is 9.00. The highest BCUT2D eigenvalue weighted by atomic mass is 32.1. The zero-order valence-corrected chi connectivity index (χ0v) is 25.0. The molecule has 0 aromatic carbocycles. The first kappa shape index (κ1) is 29.5. The normalized spacial score (nSPS) is 23.6. The van der Waals surface area contributed by atoms with Gasteiger partial charge in [0, 0.05) is 30.5 Å². The van der Waals surface area contributed by atoms with Gasteiger partial charge in [0.05, 0.1) is 10.6 Å². The maximum absolute atomic E-state index is 14.1. The second kappa shape index (κ2) is 11.9. The molecule has 2 saturated carbocycles. The van der Waals surface area contributed by atoms with Crippen LogP contribution in [0.25, 0.3) is 0 Å². The van der Waals surface area contributed by atoms with Crippen LogP contribution in [0.4, 0.5) is 10.5 Å². The Morgan fingerprint density at radius 1 is 1.08 bits per heavy atom. The van der Waals surface area contributed by atoms with Gasteiger partial charge in [0.15, 0.2) is 0 Å². The molecule has 39 heavy (non-hydrogen) atoms. The molecule has 214 valence electrons. The SMILES string of the molecule is CC1CCC(C(=O)N(c2cc(C#CC(C)(C)C)sc2C(=O)O)C2CCN(C(=O)OC3(C)CCCC3)CC2)CC1. The first-order valence-corrected chi connectivity index (χ1v) is 15.4. The monoisotopic (exact) mass is 556 g/mol. The number of carbonyl (C=O) groups excluding carboxylic acids is 2. The highest BCUT2D eigenvalue weighted by Crippen LogP contribution is 2.38. The van der Waals surface area contributed by atoms with Gasteiger partial charge in [-0.2, -0.15) is 0 Å². The van der Waals surface area contributed by atoms with E-state index >= 15 is 0 Å². The third kappa shape index (κ3) is 7.36. The van der Waals surface area contributed by atoms with Crippen LogP contribution in [0.5, 0.6) is 0 Å². The van der Waals surface area contributed by atoms with Crippen molar-refractivity contribution in [1.82, 2.24) is 4.90 Å². The van der Waals surface area contributed by atoms with Gasteiger partial charge in [0.2, 0.25) is 5.91 Å². The standard InChI is InChI=1S/C31H44N2O5S/c1-21-8-10-22(11-9-21)27(34)33(25-20-24(12-17-30(2,3)4)39-26(25)28(35)36)23-13-18-32(19-14-23)29(37)38-31(5)15-6-7-16-31/h20-23H,6-11,13-16,18-19H2,1-5H3,(H,35,36). The van der Waals surface area contributed by atoms with Crippen LogP contribution in [0, 0.1) is 29.1 Å². The fourth-order valence-electron chi connectivity index (χ4n) is 6.03. The van der Waals surface area contributed by atoms with E-state index in [0.717, 1.165) is 62.7 Å². The van der Waals surface area contributed by atoms with Crippen LogP contribution in [0.3, 0.4) is 0 Å². The van der Waals surface area contributed by atoms with Crippen LogP contribution in [-0.2, 0) is 9.53 Å². The average molecular weight is 557 g/mol. The molecule has 3 fully saturated rings. The number of hydrogen-bond acceptors (Lipinski definition) is 5. The van der Waals surface area contributed by atoms with Gasteiger partial charge < -0.3 is 19.6 Å². The summed E-state index contributed by atoms with van der Waals surface area (Å²) in [6, 6.07) is 1.61. The number of hydrogen-bond donors (Lipinski definition) is 1. The van der Waals surface area contributed by atoms with E-state index in [1.807, 2.05) is 27.7 Å². The molecule has 1 aromatic heterocycles. The average Bonchev–Trinajstić information content (AvgIpc) is 3.50. The lowest BCUT2D eigenvalue weighted by atomic mass is 9.82. The van der Waals surface area contributed by atoms with Gasteiger partial charge in [-0.15, -0.1) is 11.3 Å². The second-order valence-electron chi connectivity index (χ2n) is 13.0. The van der Waals surface area contributed by atoms with Crippen molar-refractivity contribution in [2.75, 3.05) is 18.0 Å². The number of rotatable bonds is 5. The smallest absolute Gasteiger partial charge is 0.410 e. The van der Waals surface area contributed by atoms with Gasteiger partial charge in [-0.1, -0.05) is 18.8 Å². The van der Waals surface area contributed by atoms with Gasteiger partial charge >= 0.3 is 12.1 Å². The molecule has 3 aliphatic rings. The van der Waals surface area contributed by atoms with Crippen LogP contribution in [0.15, 0.2) is 6.07 Å². The van der Waals surface area contributed by atoms with Crippen molar-refractivity contribution in [2.24, 2.45) is 17.3 Å². The number of anilines is 1. The number of piperidine rings is 1. The zero-order valence-electron chi connectivity index (χ0n) is 24.2. The predicted molar refractivity (Wildman–Crippen MR) is 154 cm³/mol. The molecule has 4 rings (SSSR count). The molecule has 1 aliphatic heterocycles. The minimum atomic E-state index is -1.04. The Hall–Kier alpha value is -2.53. The van der Waals surface area contributed by atoms with E-state index in [1.165, 1.54) is 0 Å². The summed E-state index contributed by atoms with van der Waals surface area (Å²) in [4.78, 5) is 43.7. The van der Waals surface area contributed by atoms with Gasteiger partial charge in [-0.3, -0.25) is 4.79 Å². The Labute approximate surface area is 237 Å². The summed E-state index contributed by atoms with van der Waals surface area (Å²) in [5, 5.41) is 10.1. The number of carboxylic acids is 1. The molecule has 0 bridgehead atoms. The van der Waals surface area contributed by atoms with Crippen LogP contribution in [0.1, 0.15) is 113 Å². The molecule has 8 heteroatoms. The number of amides is 2. The fraction of sp³-hybridized carbons (Fsp3) is 0.710. The highest BCUT2D eigenvalue weighted by molar-refractivity contribution is 7.15. The van der Waals surface area contributed by atoms with E-state index in [-0.39, 0.29) is 39.9 Å². The molecule has 1 aromatic rings. The number of aromatic carboxylic acids is 1. The van der Waals surface area contributed by atoms with Crippen LogP contribution in [0.2, 0.25) is 0 Å². The van der Waals surface area contributed by atoms with E-state index < -0.39 is 5.97 Å². The molecule has 2 amide bonds. The number of carbonyl (C=O) groups is 3. The summed E-state index contributed by atoms with van der Waals surface area (Å²) in [7, 11) is 0. The van der Waals surface area contributed by atoms with Crippen molar-refractivity contribution in [3.63, 3.8) is 0 Å². The van der Waals surface area contributed by atoms with Crippen molar-refractivity contribution in [2.45, 2.75) is 110 Å². The van der Waals surface area contributed by atoms with Crippen molar-refractivity contribution in [3.8, 4) is 11.8 Å². The van der Waals surface area contributed by atoms with E-state index in [1.54, 1.807) is 15.9 Å². The van der Waals surface area contributed by atoms with Crippen molar-refractivity contribution in [3.05, 3.63) is 15.8 Å². The minimum Gasteiger partial charge on any atom is -0.477 e. The van der Waals surface area contributed by atoms with Crippen LogP contribution >= 0.6 is 11.3 Å². The summed E-state index contributed by atoms with van der Waals surface area (Å²) in [5.74, 6) is 5.79. The molecule has 2 aliphatic carbocycles. The van der Waals surface area contributed by atoms with Crippen molar-refractivity contribution >= 4 is 35.0 Å². The molecule has 0 spiro atoms. The topological polar surface area (TPSA) is 87.2 Å². The quantitative estimate of drug-likeness (QED) is 0.397.